The van der Waals surface area contributed by atoms with E-state index in [1.165, 1.54) is 20.8 Å². The molecule has 19 heavy (non-hydrogen) atoms. The molecule has 7 heteroatoms. The van der Waals surface area contributed by atoms with Gasteiger partial charge < -0.3 is 20.6 Å². The van der Waals surface area contributed by atoms with Gasteiger partial charge in [-0.3, -0.25) is 4.79 Å². The fourth-order valence-corrected chi connectivity index (χ4v) is 1.91. The molecule has 0 aromatic carbocycles. The van der Waals surface area contributed by atoms with Crippen LogP contribution in [-0.2, 0) is 9.59 Å². The van der Waals surface area contributed by atoms with E-state index in [1.807, 2.05) is 0 Å². The summed E-state index contributed by atoms with van der Waals surface area (Å²) in [7, 11) is 0. The molecule has 0 radical (unpaired) electrons. The van der Waals surface area contributed by atoms with Crippen LogP contribution in [0.15, 0.2) is 0 Å². The molecule has 3 amide bonds. The first-order chi connectivity index (χ1) is 8.72. The van der Waals surface area contributed by atoms with Gasteiger partial charge in [-0.05, 0) is 26.7 Å². The molecule has 0 saturated carbocycles. The average Bonchev–Trinajstić information content (AvgIpc) is 2.28. The minimum absolute atomic E-state index is 0.0742. The molecule has 1 heterocycles. The fourth-order valence-electron chi connectivity index (χ4n) is 1.91. The smallest absolute Gasteiger partial charge is 0.328 e. The maximum atomic E-state index is 11.9. The van der Waals surface area contributed by atoms with E-state index < -0.39 is 11.5 Å². The van der Waals surface area contributed by atoms with Crippen molar-refractivity contribution in [2.75, 3.05) is 13.1 Å². The van der Waals surface area contributed by atoms with Crippen LogP contribution >= 0.6 is 0 Å². The van der Waals surface area contributed by atoms with E-state index in [0.29, 0.717) is 25.9 Å². The molecule has 1 aliphatic rings. The van der Waals surface area contributed by atoms with Gasteiger partial charge in [0.2, 0.25) is 5.91 Å². The lowest BCUT2D eigenvalue weighted by Crippen LogP contribution is -2.56. The molecule has 0 unspecified atom stereocenters. The van der Waals surface area contributed by atoms with E-state index >= 15 is 0 Å². The third-order valence-corrected chi connectivity index (χ3v) is 3.14. The molecule has 0 spiro atoms. The number of amides is 3. The van der Waals surface area contributed by atoms with E-state index in [2.05, 4.69) is 10.6 Å². The lowest BCUT2D eigenvalue weighted by molar-refractivity contribution is -0.143. The van der Waals surface area contributed by atoms with E-state index in [-0.39, 0.29) is 18.0 Å². The zero-order valence-electron chi connectivity index (χ0n) is 11.5. The summed E-state index contributed by atoms with van der Waals surface area (Å²) in [5.41, 5.74) is -1.29. The SMILES string of the molecule is CC(=O)NC1CCN(C(=O)NC(C)(C)C(=O)O)CC1. The predicted octanol–water partition coefficient (Wildman–Crippen LogP) is 0.160. The number of rotatable bonds is 3. The van der Waals surface area contributed by atoms with Crippen molar-refractivity contribution in [3.8, 4) is 0 Å². The Morgan fingerprint density at radius 3 is 2.16 bits per heavy atom. The van der Waals surface area contributed by atoms with Crippen LogP contribution in [0, 0.1) is 0 Å². The van der Waals surface area contributed by atoms with Crippen LogP contribution in [-0.4, -0.2) is 52.6 Å². The summed E-state index contributed by atoms with van der Waals surface area (Å²) in [5, 5.41) is 14.2. The van der Waals surface area contributed by atoms with Gasteiger partial charge >= 0.3 is 12.0 Å². The molecule has 1 rings (SSSR count). The summed E-state index contributed by atoms with van der Waals surface area (Å²) < 4.78 is 0. The summed E-state index contributed by atoms with van der Waals surface area (Å²) in [5.74, 6) is -1.15. The summed E-state index contributed by atoms with van der Waals surface area (Å²) in [6, 6.07) is -0.289. The summed E-state index contributed by atoms with van der Waals surface area (Å²) >= 11 is 0. The van der Waals surface area contributed by atoms with Crippen LogP contribution in [0.5, 0.6) is 0 Å². The number of aliphatic carboxylic acids is 1. The van der Waals surface area contributed by atoms with Gasteiger partial charge in [-0.2, -0.15) is 0 Å². The third kappa shape index (κ3) is 4.42. The van der Waals surface area contributed by atoms with Crippen molar-refractivity contribution >= 4 is 17.9 Å². The number of likely N-dealkylation sites (tertiary alicyclic amines) is 1. The Morgan fingerprint density at radius 2 is 1.74 bits per heavy atom. The van der Waals surface area contributed by atoms with E-state index in [1.54, 1.807) is 4.90 Å². The summed E-state index contributed by atoms with van der Waals surface area (Å²) in [4.78, 5) is 35.3. The number of nitrogens with one attached hydrogen (secondary N) is 2. The highest BCUT2D eigenvalue weighted by Gasteiger charge is 2.32. The molecular weight excluding hydrogens is 250 g/mol. The molecule has 0 aromatic heterocycles. The minimum atomic E-state index is -1.29. The largest absolute Gasteiger partial charge is 0.480 e. The normalized spacial score (nSPS) is 16.9. The highest BCUT2D eigenvalue weighted by atomic mass is 16.4. The highest BCUT2D eigenvalue weighted by molar-refractivity contribution is 5.85. The molecular formula is C12H21N3O4. The number of urea groups is 1. The Kier molecular flexibility index (Phi) is 4.74. The summed E-state index contributed by atoms with van der Waals surface area (Å²) in [6.07, 6.45) is 1.36. The van der Waals surface area contributed by atoms with Gasteiger partial charge in [0.25, 0.3) is 0 Å². The van der Waals surface area contributed by atoms with Crippen LogP contribution in [0.4, 0.5) is 4.79 Å². The van der Waals surface area contributed by atoms with E-state index in [9.17, 15) is 14.4 Å². The van der Waals surface area contributed by atoms with Gasteiger partial charge in [-0.1, -0.05) is 0 Å². The van der Waals surface area contributed by atoms with Crippen LogP contribution in [0.1, 0.15) is 33.6 Å². The standard InChI is InChI=1S/C12H21N3O4/c1-8(16)13-9-4-6-15(7-5-9)11(19)14-12(2,3)10(17)18/h9H,4-7H2,1-3H3,(H,13,16)(H,14,19)(H,17,18). The topological polar surface area (TPSA) is 98.7 Å². The number of piperidine rings is 1. The molecule has 0 aromatic rings. The van der Waals surface area contributed by atoms with E-state index in [0.717, 1.165) is 0 Å². The molecule has 0 aliphatic carbocycles. The Bertz CT molecular complexity index is 373. The van der Waals surface area contributed by atoms with Crippen LogP contribution in [0.3, 0.4) is 0 Å². The second-order valence-electron chi connectivity index (χ2n) is 5.32. The summed E-state index contributed by atoms with van der Waals surface area (Å²) in [6.45, 7) is 5.36. The third-order valence-electron chi connectivity index (χ3n) is 3.14. The van der Waals surface area contributed by atoms with Crippen molar-refractivity contribution in [2.24, 2.45) is 0 Å². The Balaban J connectivity index is 2.45. The van der Waals surface area contributed by atoms with Gasteiger partial charge in [-0.25, -0.2) is 9.59 Å². The van der Waals surface area contributed by atoms with Crippen molar-refractivity contribution in [1.29, 1.82) is 0 Å². The average molecular weight is 271 g/mol. The Labute approximate surface area is 112 Å². The predicted molar refractivity (Wildman–Crippen MR) is 68.7 cm³/mol. The monoisotopic (exact) mass is 271 g/mol. The lowest BCUT2D eigenvalue weighted by atomic mass is 10.0. The van der Waals surface area contributed by atoms with Gasteiger partial charge in [0.1, 0.15) is 5.54 Å². The first-order valence-electron chi connectivity index (χ1n) is 6.30. The number of carboxylic acid groups (broad SMARTS) is 1. The van der Waals surface area contributed by atoms with Crippen molar-refractivity contribution in [1.82, 2.24) is 15.5 Å². The molecule has 0 atom stereocenters. The maximum Gasteiger partial charge on any atom is 0.328 e. The number of nitrogens with zero attached hydrogens (tertiary/aromatic N) is 1. The molecule has 0 bridgehead atoms. The maximum absolute atomic E-state index is 11.9. The number of hydrogen-bond donors (Lipinski definition) is 3. The fraction of sp³-hybridized carbons (Fsp3) is 0.750. The zero-order valence-corrected chi connectivity index (χ0v) is 11.5. The molecule has 1 aliphatic heterocycles. The molecule has 1 fully saturated rings. The number of carboxylic acids is 1. The Hall–Kier alpha value is -1.79. The van der Waals surface area contributed by atoms with Gasteiger partial charge in [0.05, 0.1) is 0 Å². The number of carbonyl (C=O) groups is 3. The van der Waals surface area contributed by atoms with Crippen molar-refractivity contribution < 1.29 is 19.5 Å². The first kappa shape index (κ1) is 15.3. The quantitative estimate of drug-likeness (QED) is 0.681. The van der Waals surface area contributed by atoms with Crippen LogP contribution in [0.2, 0.25) is 0 Å². The number of carbonyl (C=O) groups excluding carboxylic acids is 2. The van der Waals surface area contributed by atoms with Crippen molar-refractivity contribution in [3.05, 3.63) is 0 Å². The van der Waals surface area contributed by atoms with Crippen molar-refractivity contribution in [2.45, 2.75) is 45.2 Å². The van der Waals surface area contributed by atoms with Crippen molar-refractivity contribution in [3.63, 3.8) is 0 Å². The molecule has 1 saturated heterocycles. The molecule has 108 valence electrons. The van der Waals surface area contributed by atoms with Crippen LogP contribution < -0.4 is 10.6 Å². The second-order valence-corrected chi connectivity index (χ2v) is 5.32. The Morgan fingerprint density at radius 1 is 1.21 bits per heavy atom. The highest BCUT2D eigenvalue weighted by Crippen LogP contribution is 2.12. The zero-order chi connectivity index (χ0) is 14.6. The molecule has 3 N–H and O–H groups in total. The lowest BCUT2D eigenvalue weighted by Gasteiger charge is -2.34. The van der Waals surface area contributed by atoms with Crippen LogP contribution in [0.25, 0.3) is 0 Å². The van der Waals surface area contributed by atoms with Gasteiger partial charge in [0.15, 0.2) is 0 Å². The minimum Gasteiger partial charge on any atom is -0.480 e. The molecule has 7 nitrogen and oxygen atoms in total. The van der Waals surface area contributed by atoms with Gasteiger partial charge in [-0.15, -0.1) is 0 Å². The number of hydrogen-bond acceptors (Lipinski definition) is 3. The van der Waals surface area contributed by atoms with Gasteiger partial charge in [0, 0.05) is 26.1 Å². The van der Waals surface area contributed by atoms with E-state index in [4.69, 9.17) is 5.11 Å². The second kappa shape index (κ2) is 5.90. The first-order valence-corrected chi connectivity index (χ1v) is 6.30.